The van der Waals surface area contributed by atoms with Crippen molar-refractivity contribution in [3.8, 4) is 5.75 Å². The van der Waals surface area contributed by atoms with Crippen LogP contribution in [-0.4, -0.2) is 49.3 Å². The van der Waals surface area contributed by atoms with E-state index in [0.29, 0.717) is 17.0 Å². The van der Waals surface area contributed by atoms with Crippen LogP contribution in [0.5, 0.6) is 5.75 Å². The Kier molecular flexibility index (Phi) is 6.01. The Balaban J connectivity index is 1.60. The topological polar surface area (TPSA) is 90.9 Å². The molecule has 3 heterocycles. The van der Waals surface area contributed by atoms with Gasteiger partial charge in [0.1, 0.15) is 16.7 Å². The lowest BCUT2D eigenvalue weighted by molar-refractivity contribution is 0.0703. The molecule has 8 heteroatoms. The lowest BCUT2D eigenvalue weighted by Gasteiger charge is -2.26. The number of nitrogens with zero attached hydrogens (tertiary/aromatic N) is 1. The maximum Gasteiger partial charge on any atom is 0.348 e. The van der Waals surface area contributed by atoms with E-state index in [-0.39, 0.29) is 16.9 Å². The predicted octanol–water partition coefficient (Wildman–Crippen LogP) is 3.43. The van der Waals surface area contributed by atoms with Gasteiger partial charge < -0.3 is 25.4 Å². The number of hydrogen-bond acceptors (Lipinski definition) is 6. The third-order valence-corrected chi connectivity index (χ3v) is 6.27. The molecule has 0 unspecified atom stereocenters. The van der Waals surface area contributed by atoms with Crippen LogP contribution >= 0.6 is 11.3 Å². The molecule has 0 radical (unpaired) electrons. The number of nitrogens with one attached hydrogen (secondary N) is 2. The van der Waals surface area contributed by atoms with Crippen LogP contribution < -0.4 is 20.3 Å². The van der Waals surface area contributed by atoms with Crippen molar-refractivity contribution >= 4 is 34.6 Å². The van der Waals surface area contributed by atoms with Gasteiger partial charge in [0.05, 0.1) is 11.3 Å². The smallest absolute Gasteiger partial charge is 0.348 e. The highest BCUT2D eigenvalue weighted by atomic mass is 32.1. The molecule has 1 aromatic carbocycles. The number of carboxylic acid groups (broad SMARTS) is 1. The number of benzene rings is 1. The minimum Gasteiger partial charge on any atom is -0.489 e. The zero-order valence-electron chi connectivity index (χ0n) is 16.1. The van der Waals surface area contributed by atoms with E-state index in [1.54, 1.807) is 17.5 Å². The number of amides is 1. The molecular weight excluding hydrogens is 390 g/mol. The molecule has 3 N–H and O–H groups in total. The van der Waals surface area contributed by atoms with Crippen LogP contribution in [-0.2, 0) is 0 Å². The number of carboxylic acids is 1. The van der Waals surface area contributed by atoms with Gasteiger partial charge in [-0.2, -0.15) is 0 Å². The molecular formula is C21H25N3O4S. The lowest BCUT2D eigenvalue weighted by Crippen LogP contribution is -2.34. The van der Waals surface area contributed by atoms with Crippen molar-refractivity contribution in [3.63, 3.8) is 0 Å². The van der Waals surface area contributed by atoms with Crippen LogP contribution in [0.25, 0.3) is 0 Å². The summed E-state index contributed by atoms with van der Waals surface area (Å²) in [5.74, 6) is -0.848. The molecule has 154 valence electrons. The summed E-state index contributed by atoms with van der Waals surface area (Å²) in [6, 6.07) is 7.29. The van der Waals surface area contributed by atoms with Gasteiger partial charge in [-0.15, -0.1) is 11.3 Å². The number of anilines is 2. The first-order valence-electron chi connectivity index (χ1n) is 10.0. The highest BCUT2D eigenvalue weighted by Gasteiger charge is 2.23. The van der Waals surface area contributed by atoms with Crippen LogP contribution in [0.2, 0.25) is 0 Å². The van der Waals surface area contributed by atoms with E-state index < -0.39 is 5.97 Å². The summed E-state index contributed by atoms with van der Waals surface area (Å²) in [7, 11) is 0. The Labute approximate surface area is 173 Å². The molecule has 29 heavy (non-hydrogen) atoms. The third-order valence-electron chi connectivity index (χ3n) is 5.37. The second kappa shape index (κ2) is 8.84. The summed E-state index contributed by atoms with van der Waals surface area (Å²) >= 11 is 1.09. The van der Waals surface area contributed by atoms with Crippen molar-refractivity contribution < 1.29 is 19.4 Å². The van der Waals surface area contributed by atoms with Crippen molar-refractivity contribution in [3.05, 3.63) is 40.1 Å². The van der Waals surface area contributed by atoms with E-state index in [4.69, 9.17) is 4.74 Å². The molecule has 1 aromatic heterocycles. The van der Waals surface area contributed by atoms with Crippen molar-refractivity contribution in [1.29, 1.82) is 0 Å². The van der Waals surface area contributed by atoms with Gasteiger partial charge in [0.2, 0.25) is 0 Å². The first-order chi connectivity index (χ1) is 14.1. The van der Waals surface area contributed by atoms with Crippen LogP contribution in [0, 0.1) is 0 Å². The van der Waals surface area contributed by atoms with E-state index in [1.807, 2.05) is 12.1 Å². The minimum atomic E-state index is -1.05. The summed E-state index contributed by atoms with van der Waals surface area (Å²) in [6.45, 7) is 3.81. The fourth-order valence-corrected chi connectivity index (χ4v) is 4.51. The number of piperidine rings is 1. The second-order valence-electron chi connectivity index (χ2n) is 7.36. The van der Waals surface area contributed by atoms with Crippen molar-refractivity contribution in [2.45, 2.75) is 31.8 Å². The molecule has 0 spiro atoms. The predicted molar refractivity (Wildman–Crippen MR) is 114 cm³/mol. The molecule has 0 aliphatic carbocycles. The van der Waals surface area contributed by atoms with E-state index >= 15 is 0 Å². The molecule has 2 aliphatic heterocycles. The number of aromatic carboxylic acids is 1. The highest BCUT2D eigenvalue weighted by molar-refractivity contribution is 7.12. The summed E-state index contributed by atoms with van der Waals surface area (Å²) in [5, 5.41) is 17.0. The van der Waals surface area contributed by atoms with Crippen LogP contribution in [0.1, 0.15) is 45.7 Å². The summed E-state index contributed by atoms with van der Waals surface area (Å²) in [5.41, 5.74) is 1.79. The molecule has 4 rings (SSSR count). The van der Waals surface area contributed by atoms with E-state index in [1.165, 1.54) is 12.8 Å². The Morgan fingerprint density at radius 1 is 1.17 bits per heavy atom. The fraction of sp³-hybridized carbons (Fsp3) is 0.429. The fourth-order valence-electron chi connectivity index (χ4n) is 3.82. The second-order valence-corrected chi connectivity index (χ2v) is 8.28. The molecule has 0 saturated carbocycles. The van der Waals surface area contributed by atoms with Gasteiger partial charge in [0.15, 0.2) is 0 Å². The molecule has 2 aromatic rings. The van der Waals surface area contributed by atoms with Crippen molar-refractivity contribution in [2.75, 3.05) is 36.4 Å². The quantitative estimate of drug-likeness (QED) is 0.670. The molecule has 2 aliphatic rings. The first-order valence-corrected chi connectivity index (χ1v) is 10.9. The Hall–Kier alpha value is -2.58. The van der Waals surface area contributed by atoms with E-state index in [9.17, 15) is 14.7 Å². The Morgan fingerprint density at radius 2 is 1.93 bits per heavy atom. The molecule has 2 fully saturated rings. The zero-order valence-corrected chi connectivity index (χ0v) is 17.0. The number of ether oxygens (including phenoxy) is 1. The molecule has 2 saturated heterocycles. The molecule has 0 atom stereocenters. The molecule has 1 amide bonds. The summed E-state index contributed by atoms with van der Waals surface area (Å²) < 4.78 is 6.26. The normalized spacial score (nSPS) is 17.3. The Bertz CT molecular complexity index is 886. The summed E-state index contributed by atoms with van der Waals surface area (Å²) in [6.07, 6.45) is 4.18. The SMILES string of the molecule is O=C(Nc1ccsc1C(=O)O)c1ccc(N2CCCC2)cc1OC1CCNCC1. The van der Waals surface area contributed by atoms with Crippen LogP contribution in [0.3, 0.4) is 0 Å². The van der Waals surface area contributed by atoms with Crippen molar-refractivity contribution in [1.82, 2.24) is 5.32 Å². The highest BCUT2D eigenvalue weighted by Crippen LogP contribution is 2.31. The first kappa shape index (κ1) is 19.7. The average Bonchev–Trinajstić information content (AvgIpc) is 3.41. The van der Waals surface area contributed by atoms with Gasteiger partial charge in [0, 0.05) is 24.8 Å². The molecule has 7 nitrogen and oxygen atoms in total. The lowest BCUT2D eigenvalue weighted by atomic mass is 10.1. The molecule has 0 bridgehead atoms. The largest absolute Gasteiger partial charge is 0.489 e. The number of thiophene rings is 1. The number of carbonyl (C=O) groups excluding carboxylic acids is 1. The van der Waals surface area contributed by atoms with Gasteiger partial charge in [0.25, 0.3) is 5.91 Å². The van der Waals surface area contributed by atoms with E-state index in [2.05, 4.69) is 15.5 Å². The van der Waals surface area contributed by atoms with Crippen LogP contribution in [0.4, 0.5) is 11.4 Å². The summed E-state index contributed by atoms with van der Waals surface area (Å²) in [4.78, 5) is 26.7. The van der Waals surface area contributed by atoms with Gasteiger partial charge >= 0.3 is 5.97 Å². The number of rotatable bonds is 6. The zero-order chi connectivity index (χ0) is 20.2. The van der Waals surface area contributed by atoms with Gasteiger partial charge in [-0.1, -0.05) is 0 Å². The maximum absolute atomic E-state index is 13.0. The van der Waals surface area contributed by atoms with Gasteiger partial charge in [-0.25, -0.2) is 4.79 Å². The van der Waals surface area contributed by atoms with Gasteiger partial charge in [-0.05, 0) is 62.4 Å². The van der Waals surface area contributed by atoms with Crippen molar-refractivity contribution in [2.24, 2.45) is 0 Å². The maximum atomic E-state index is 13.0. The monoisotopic (exact) mass is 415 g/mol. The number of hydrogen-bond donors (Lipinski definition) is 3. The van der Waals surface area contributed by atoms with Crippen LogP contribution in [0.15, 0.2) is 29.6 Å². The Morgan fingerprint density at radius 3 is 2.66 bits per heavy atom. The van der Waals surface area contributed by atoms with Gasteiger partial charge in [-0.3, -0.25) is 4.79 Å². The standard InChI is InChI=1S/C21H25N3O4S/c25-20(23-17-7-12-29-19(17)21(26)27)16-4-3-14(24-10-1-2-11-24)13-18(16)28-15-5-8-22-9-6-15/h3-4,7,12-13,15,22H,1-2,5-6,8-11H2,(H,23,25)(H,26,27). The third kappa shape index (κ3) is 4.54. The minimum absolute atomic E-state index is 0.0624. The van der Waals surface area contributed by atoms with E-state index in [0.717, 1.165) is 56.0 Å². The number of carbonyl (C=O) groups is 2. The average molecular weight is 416 g/mol.